The van der Waals surface area contributed by atoms with Gasteiger partial charge in [-0.2, -0.15) is 5.26 Å². The van der Waals surface area contributed by atoms with Gasteiger partial charge in [-0.25, -0.2) is 0 Å². The van der Waals surface area contributed by atoms with Gasteiger partial charge in [-0.1, -0.05) is 0 Å². The minimum atomic E-state index is -0.708. The number of rotatable bonds is 3. The summed E-state index contributed by atoms with van der Waals surface area (Å²) in [4.78, 5) is 0. The smallest absolute Gasteiger partial charge is 0.131 e. The SMILES string of the molecule is CC1(C)Oc2ccc(C#N)cc2[C@@H](NCCN)[C@@H]1O. The van der Waals surface area contributed by atoms with E-state index in [-0.39, 0.29) is 6.04 Å². The van der Waals surface area contributed by atoms with Crippen LogP contribution >= 0.6 is 0 Å². The van der Waals surface area contributed by atoms with Crippen molar-refractivity contribution in [1.29, 1.82) is 5.26 Å². The topological polar surface area (TPSA) is 91.3 Å². The van der Waals surface area contributed by atoms with E-state index in [2.05, 4.69) is 11.4 Å². The largest absolute Gasteiger partial charge is 0.485 e. The average molecular weight is 261 g/mol. The average Bonchev–Trinajstić information content (AvgIpc) is 2.39. The van der Waals surface area contributed by atoms with Crippen molar-refractivity contribution in [3.8, 4) is 11.8 Å². The molecule has 102 valence electrons. The molecule has 19 heavy (non-hydrogen) atoms. The second-order valence-corrected chi connectivity index (χ2v) is 5.24. The highest BCUT2D eigenvalue weighted by molar-refractivity contribution is 5.46. The zero-order chi connectivity index (χ0) is 14.0. The lowest BCUT2D eigenvalue weighted by Crippen LogP contribution is -2.53. The molecule has 1 aliphatic heterocycles. The number of ether oxygens (including phenoxy) is 1. The standard InChI is InChI=1S/C14H19N3O2/c1-14(2)13(18)12(17-6-5-15)10-7-9(8-16)3-4-11(10)19-14/h3-4,7,12-13,17-18H,5-6,15H2,1-2H3/t12-,13+/m1/s1. The maximum Gasteiger partial charge on any atom is 0.131 e. The predicted octanol–water partition coefficient (Wildman–Crippen LogP) is 0.680. The maximum absolute atomic E-state index is 10.4. The molecule has 5 heteroatoms. The highest BCUT2D eigenvalue weighted by atomic mass is 16.5. The van der Waals surface area contributed by atoms with E-state index in [4.69, 9.17) is 15.7 Å². The number of nitrogens with zero attached hydrogens (tertiary/aromatic N) is 1. The Bertz CT molecular complexity index is 508. The molecule has 1 aromatic rings. The predicted molar refractivity (Wildman–Crippen MR) is 71.7 cm³/mol. The van der Waals surface area contributed by atoms with Gasteiger partial charge < -0.3 is 20.9 Å². The lowest BCUT2D eigenvalue weighted by molar-refractivity contribution is -0.0643. The van der Waals surface area contributed by atoms with Gasteiger partial charge >= 0.3 is 0 Å². The van der Waals surface area contributed by atoms with Crippen LogP contribution in [-0.2, 0) is 0 Å². The van der Waals surface area contributed by atoms with Crippen molar-refractivity contribution >= 4 is 0 Å². The summed E-state index contributed by atoms with van der Waals surface area (Å²) in [6, 6.07) is 7.06. The third kappa shape index (κ3) is 2.56. The molecular weight excluding hydrogens is 242 g/mol. The van der Waals surface area contributed by atoms with E-state index in [1.54, 1.807) is 18.2 Å². The van der Waals surface area contributed by atoms with Gasteiger partial charge in [0.1, 0.15) is 17.5 Å². The molecule has 1 heterocycles. The highest BCUT2D eigenvalue weighted by Crippen LogP contribution is 2.40. The first kappa shape index (κ1) is 13.8. The van der Waals surface area contributed by atoms with Gasteiger partial charge in [-0.3, -0.25) is 0 Å². The molecule has 0 saturated carbocycles. The van der Waals surface area contributed by atoms with E-state index < -0.39 is 11.7 Å². The molecule has 1 aliphatic rings. The normalized spacial score (nSPS) is 24.2. The van der Waals surface area contributed by atoms with Crippen LogP contribution in [0.2, 0.25) is 0 Å². The van der Waals surface area contributed by atoms with Crippen LogP contribution in [-0.4, -0.2) is 29.9 Å². The van der Waals surface area contributed by atoms with E-state index in [9.17, 15) is 5.11 Å². The molecular formula is C14H19N3O2. The number of aliphatic hydroxyl groups excluding tert-OH is 1. The molecule has 0 saturated heterocycles. The molecule has 4 N–H and O–H groups in total. The molecule has 0 amide bonds. The number of hydrogen-bond acceptors (Lipinski definition) is 5. The van der Waals surface area contributed by atoms with Crippen molar-refractivity contribution in [2.24, 2.45) is 5.73 Å². The summed E-state index contributed by atoms with van der Waals surface area (Å²) < 4.78 is 5.81. The minimum Gasteiger partial charge on any atom is -0.485 e. The number of nitriles is 1. The fourth-order valence-electron chi connectivity index (χ4n) is 2.33. The van der Waals surface area contributed by atoms with Gasteiger partial charge in [-0.15, -0.1) is 0 Å². The lowest BCUT2D eigenvalue weighted by Gasteiger charge is -2.42. The van der Waals surface area contributed by atoms with Gasteiger partial charge in [0, 0.05) is 18.7 Å². The number of fused-ring (bicyclic) bond motifs is 1. The summed E-state index contributed by atoms with van der Waals surface area (Å²) in [5.74, 6) is 0.698. The highest BCUT2D eigenvalue weighted by Gasteiger charge is 2.42. The number of aliphatic hydroxyl groups is 1. The Morgan fingerprint density at radius 3 is 2.89 bits per heavy atom. The molecule has 2 rings (SSSR count). The second kappa shape index (κ2) is 5.17. The molecule has 2 atom stereocenters. The summed E-state index contributed by atoms with van der Waals surface area (Å²) in [6.07, 6.45) is -0.708. The Labute approximate surface area is 113 Å². The molecule has 0 radical (unpaired) electrons. The zero-order valence-electron chi connectivity index (χ0n) is 11.2. The fourth-order valence-corrected chi connectivity index (χ4v) is 2.33. The quantitative estimate of drug-likeness (QED) is 0.744. The first-order valence-corrected chi connectivity index (χ1v) is 6.34. The van der Waals surface area contributed by atoms with E-state index in [1.807, 2.05) is 13.8 Å². The van der Waals surface area contributed by atoms with E-state index in [1.165, 1.54) is 0 Å². The van der Waals surface area contributed by atoms with Crippen molar-refractivity contribution in [2.45, 2.75) is 31.6 Å². The summed E-state index contributed by atoms with van der Waals surface area (Å²) in [5.41, 5.74) is 6.17. The molecule has 1 aromatic carbocycles. The van der Waals surface area contributed by atoms with E-state index in [0.717, 1.165) is 5.56 Å². The molecule has 0 aromatic heterocycles. The van der Waals surface area contributed by atoms with Crippen molar-refractivity contribution in [3.63, 3.8) is 0 Å². The summed E-state index contributed by atoms with van der Waals surface area (Å²) in [5, 5.41) is 22.6. The van der Waals surface area contributed by atoms with Crippen LogP contribution in [0.5, 0.6) is 5.75 Å². The van der Waals surface area contributed by atoms with Crippen LogP contribution in [0, 0.1) is 11.3 Å². The van der Waals surface area contributed by atoms with Crippen molar-refractivity contribution < 1.29 is 9.84 Å². The number of benzene rings is 1. The van der Waals surface area contributed by atoms with Crippen LogP contribution in [0.15, 0.2) is 18.2 Å². The van der Waals surface area contributed by atoms with Gasteiger partial charge in [0.15, 0.2) is 0 Å². The Hall–Kier alpha value is -1.61. The lowest BCUT2D eigenvalue weighted by atomic mass is 9.86. The third-order valence-corrected chi connectivity index (χ3v) is 3.38. The van der Waals surface area contributed by atoms with Gasteiger partial charge in [-0.05, 0) is 32.0 Å². The summed E-state index contributed by atoms with van der Waals surface area (Å²) in [7, 11) is 0. The Morgan fingerprint density at radius 1 is 1.53 bits per heavy atom. The summed E-state index contributed by atoms with van der Waals surface area (Å²) >= 11 is 0. The first-order chi connectivity index (χ1) is 8.99. The molecule has 0 spiro atoms. The molecule has 5 nitrogen and oxygen atoms in total. The second-order valence-electron chi connectivity index (χ2n) is 5.24. The molecule has 0 fully saturated rings. The first-order valence-electron chi connectivity index (χ1n) is 6.34. The van der Waals surface area contributed by atoms with E-state index in [0.29, 0.717) is 24.4 Å². The van der Waals surface area contributed by atoms with Gasteiger partial charge in [0.2, 0.25) is 0 Å². The molecule has 0 unspecified atom stereocenters. The van der Waals surface area contributed by atoms with Crippen LogP contribution in [0.25, 0.3) is 0 Å². The monoisotopic (exact) mass is 261 g/mol. The van der Waals surface area contributed by atoms with Crippen LogP contribution in [0.1, 0.15) is 31.0 Å². The fraction of sp³-hybridized carbons (Fsp3) is 0.500. The van der Waals surface area contributed by atoms with Gasteiger partial charge in [0.05, 0.1) is 17.7 Å². The molecule has 0 aliphatic carbocycles. The third-order valence-electron chi connectivity index (χ3n) is 3.38. The zero-order valence-corrected chi connectivity index (χ0v) is 11.2. The van der Waals surface area contributed by atoms with Crippen molar-refractivity contribution in [2.75, 3.05) is 13.1 Å². The number of nitrogens with one attached hydrogen (secondary N) is 1. The van der Waals surface area contributed by atoms with Crippen molar-refractivity contribution in [3.05, 3.63) is 29.3 Å². The number of nitrogens with two attached hydrogens (primary N) is 1. The van der Waals surface area contributed by atoms with Crippen molar-refractivity contribution in [1.82, 2.24) is 5.32 Å². The number of hydrogen-bond donors (Lipinski definition) is 3. The van der Waals surface area contributed by atoms with Crippen LogP contribution < -0.4 is 15.8 Å². The van der Waals surface area contributed by atoms with Crippen LogP contribution in [0.3, 0.4) is 0 Å². The van der Waals surface area contributed by atoms with Crippen LogP contribution in [0.4, 0.5) is 0 Å². The summed E-state index contributed by atoms with van der Waals surface area (Å²) in [6.45, 7) is 4.76. The molecule has 0 bridgehead atoms. The minimum absolute atomic E-state index is 0.282. The Morgan fingerprint density at radius 2 is 2.26 bits per heavy atom. The Kier molecular flexibility index (Phi) is 3.76. The van der Waals surface area contributed by atoms with E-state index >= 15 is 0 Å². The Balaban J connectivity index is 2.43. The van der Waals surface area contributed by atoms with Gasteiger partial charge in [0.25, 0.3) is 0 Å². The maximum atomic E-state index is 10.4.